The maximum Gasteiger partial charge on any atom is 0.237 e. The van der Waals surface area contributed by atoms with Gasteiger partial charge in [-0.3, -0.25) is 4.79 Å². The van der Waals surface area contributed by atoms with E-state index < -0.39 is 15.9 Å². The summed E-state index contributed by atoms with van der Waals surface area (Å²) in [5.41, 5.74) is 6.90. The normalized spacial score (nSPS) is 15.0. The molecule has 0 radical (unpaired) electrons. The average molecular weight is 340 g/mol. The summed E-state index contributed by atoms with van der Waals surface area (Å²) in [5.74, 6) is -0.379. The number of benzene rings is 1. The quantitative estimate of drug-likeness (QED) is 0.752. The number of carbonyl (C=O) groups is 1. The van der Waals surface area contributed by atoms with Crippen molar-refractivity contribution < 1.29 is 13.2 Å². The predicted molar refractivity (Wildman–Crippen MR) is 94.0 cm³/mol. The van der Waals surface area contributed by atoms with Gasteiger partial charge in [0.15, 0.2) is 0 Å². The molecule has 0 fully saturated rings. The second-order valence-corrected chi connectivity index (χ2v) is 9.15. The number of nitrogens with one attached hydrogen (secondary N) is 1. The lowest BCUT2D eigenvalue weighted by Crippen LogP contribution is -2.46. The van der Waals surface area contributed by atoms with Crippen molar-refractivity contribution in [3.05, 3.63) is 35.9 Å². The summed E-state index contributed by atoms with van der Waals surface area (Å²) >= 11 is 0. The minimum atomic E-state index is -3.11. The first-order valence-electron chi connectivity index (χ1n) is 7.80. The highest BCUT2D eigenvalue weighted by Gasteiger charge is 2.25. The van der Waals surface area contributed by atoms with Crippen LogP contribution in [-0.4, -0.2) is 38.4 Å². The molecular formula is C17H28N2O3S. The van der Waals surface area contributed by atoms with E-state index in [0.29, 0.717) is 0 Å². The monoisotopic (exact) mass is 340 g/mol. The van der Waals surface area contributed by atoms with E-state index in [1.807, 2.05) is 25.1 Å². The lowest BCUT2D eigenvalue weighted by atomic mass is 9.79. The summed E-state index contributed by atoms with van der Waals surface area (Å²) in [4.78, 5) is 12.1. The van der Waals surface area contributed by atoms with Crippen molar-refractivity contribution in [3.8, 4) is 0 Å². The van der Waals surface area contributed by atoms with E-state index in [2.05, 4.69) is 31.3 Å². The molecule has 5 nitrogen and oxygen atoms in total. The van der Waals surface area contributed by atoms with Gasteiger partial charge >= 0.3 is 0 Å². The maximum absolute atomic E-state index is 12.1. The number of nitrogens with two attached hydrogens (primary N) is 1. The van der Waals surface area contributed by atoms with Crippen LogP contribution in [0.15, 0.2) is 30.3 Å². The second kappa shape index (κ2) is 7.93. The van der Waals surface area contributed by atoms with E-state index in [1.165, 1.54) is 5.56 Å². The van der Waals surface area contributed by atoms with Crippen LogP contribution < -0.4 is 11.1 Å². The second-order valence-electron chi connectivity index (χ2n) is 6.89. The predicted octanol–water partition coefficient (Wildman–Crippen LogP) is 1.62. The molecule has 0 saturated heterocycles. The third-order valence-electron chi connectivity index (χ3n) is 3.90. The van der Waals surface area contributed by atoms with E-state index in [4.69, 9.17) is 5.73 Å². The van der Waals surface area contributed by atoms with Gasteiger partial charge in [0.1, 0.15) is 9.84 Å². The summed E-state index contributed by atoms with van der Waals surface area (Å²) in [5, 5.41) is 2.88. The molecule has 3 N–H and O–H groups in total. The van der Waals surface area contributed by atoms with Gasteiger partial charge in [-0.1, -0.05) is 44.2 Å². The highest BCUT2D eigenvalue weighted by atomic mass is 32.2. The molecule has 0 heterocycles. The molecule has 0 saturated carbocycles. The third kappa shape index (κ3) is 7.14. The Labute approximate surface area is 139 Å². The Morgan fingerprint density at radius 1 is 1.26 bits per heavy atom. The van der Waals surface area contributed by atoms with Crippen LogP contribution in [0, 0.1) is 0 Å². The van der Waals surface area contributed by atoms with Crippen LogP contribution >= 0.6 is 0 Å². The molecule has 0 aromatic heterocycles. The first kappa shape index (κ1) is 19.6. The van der Waals surface area contributed by atoms with Crippen molar-refractivity contribution in [2.24, 2.45) is 5.73 Å². The Bertz CT molecular complexity index is 612. The van der Waals surface area contributed by atoms with Gasteiger partial charge in [-0.15, -0.1) is 0 Å². The Morgan fingerprint density at radius 2 is 1.83 bits per heavy atom. The van der Waals surface area contributed by atoms with E-state index in [1.54, 1.807) is 0 Å². The van der Waals surface area contributed by atoms with E-state index in [0.717, 1.165) is 12.7 Å². The molecule has 1 amide bonds. The minimum Gasteiger partial charge on any atom is -0.352 e. The van der Waals surface area contributed by atoms with Gasteiger partial charge in [-0.25, -0.2) is 8.42 Å². The largest absolute Gasteiger partial charge is 0.352 e. The van der Waals surface area contributed by atoms with Crippen LogP contribution in [0.25, 0.3) is 0 Å². The van der Waals surface area contributed by atoms with Crippen LogP contribution in [0.3, 0.4) is 0 Å². The van der Waals surface area contributed by atoms with Gasteiger partial charge in [0.2, 0.25) is 5.91 Å². The van der Waals surface area contributed by atoms with E-state index in [-0.39, 0.29) is 29.5 Å². The van der Waals surface area contributed by atoms with Crippen molar-refractivity contribution in [1.29, 1.82) is 0 Å². The molecule has 1 rings (SSSR count). The molecule has 0 spiro atoms. The Morgan fingerprint density at radius 3 is 2.35 bits per heavy atom. The number of hydrogen-bond acceptors (Lipinski definition) is 4. The summed E-state index contributed by atoms with van der Waals surface area (Å²) in [7, 11) is -3.11. The lowest BCUT2D eigenvalue weighted by Gasteiger charge is -2.29. The summed E-state index contributed by atoms with van der Waals surface area (Å²) in [6.07, 6.45) is 2.05. The number of hydrogen-bond donors (Lipinski definition) is 2. The van der Waals surface area contributed by atoms with Gasteiger partial charge in [-0.2, -0.15) is 0 Å². The highest BCUT2D eigenvalue weighted by molar-refractivity contribution is 7.90. The van der Waals surface area contributed by atoms with Crippen molar-refractivity contribution in [1.82, 2.24) is 5.32 Å². The van der Waals surface area contributed by atoms with Crippen LogP contribution in [0.5, 0.6) is 0 Å². The molecule has 0 aliphatic heterocycles. The van der Waals surface area contributed by atoms with Crippen LogP contribution in [-0.2, 0) is 20.0 Å². The molecule has 1 aromatic rings. The fourth-order valence-corrected chi connectivity index (χ4v) is 3.33. The lowest BCUT2D eigenvalue weighted by molar-refractivity contribution is -0.123. The molecule has 6 heteroatoms. The summed E-state index contributed by atoms with van der Waals surface area (Å²) < 4.78 is 22.3. The minimum absolute atomic E-state index is 0.0537. The van der Waals surface area contributed by atoms with Crippen molar-refractivity contribution >= 4 is 15.7 Å². The van der Waals surface area contributed by atoms with Gasteiger partial charge < -0.3 is 11.1 Å². The Hall–Kier alpha value is -1.40. The fourth-order valence-electron chi connectivity index (χ4n) is 2.65. The average Bonchev–Trinajstić information content (AvgIpc) is 2.44. The molecule has 2 atom stereocenters. The molecule has 0 bridgehead atoms. The van der Waals surface area contributed by atoms with Crippen molar-refractivity contribution in [2.75, 3.05) is 12.0 Å². The van der Waals surface area contributed by atoms with Crippen LogP contribution in [0.2, 0.25) is 0 Å². The Balaban J connectivity index is 2.55. The zero-order valence-electron chi connectivity index (χ0n) is 14.4. The van der Waals surface area contributed by atoms with Crippen LogP contribution in [0.4, 0.5) is 0 Å². The van der Waals surface area contributed by atoms with Gasteiger partial charge in [0.25, 0.3) is 0 Å². The summed E-state index contributed by atoms with van der Waals surface area (Å²) in [6.45, 7) is 6.20. The number of amides is 1. The Kier molecular flexibility index (Phi) is 6.77. The topological polar surface area (TPSA) is 89.3 Å². The number of carbonyl (C=O) groups excluding carboxylic acids is 1. The maximum atomic E-state index is 12.1. The number of rotatable bonds is 8. The molecule has 23 heavy (non-hydrogen) atoms. The third-order valence-corrected chi connectivity index (χ3v) is 4.87. The van der Waals surface area contributed by atoms with E-state index in [9.17, 15) is 13.2 Å². The van der Waals surface area contributed by atoms with Crippen molar-refractivity contribution in [3.63, 3.8) is 0 Å². The van der Waals surface area contributed by atoms with Gasteiger partial charge in [0, 0.05) is 12.3 Å². The zero-order valence-corrected chi connectivity index (χ0v) is 15.2. The molecule has 1 aromatic carbocycles. The molecule has 2 unspecified atom stereocenters. The van der Waals surface area contributed by atoms with Crippen molar-refractivity contribution in [2.45, 2.75) is 51.1 Å². The molecular weight excluding hydrogens is 312 g/mol. The molecule has 0 aliphatic carbocycles. The first-order valence-corrected chi connectivity index (χ1v) is 9.86. The van der Waals surface area contributed by atoms with Crippen LogP contribution in [0.1, 0.15) is 39.2 Å². The van der Waals surface area contributed by atoms with Gasteiger partial charge in [0.05, 0.1) is 11.8 Å². The first-order chi connectivity index (χ1) is 10.5. The SMILES string of the molecule is CC(CC(C)(C)c1ccccc1)NC(=O)C(N)CCS(C)(=O)=O. The summed E-state index contributed by atoms with van der Waals surface area (Å²) in [6, 6.07) is 9.28. The van der Waals surface area contributed by atoms with E-state index >= 15 is 0 Å². The zero-order chi connectivity index (χ0) is 17.7. The highest BCUT2D eigenvalue weighted by Crippen LogP contribution is 2.28. The molecule has 130 valence electrons. The standard InChI is InChI=1S/C17H28N2O3S/c1-13(12-17(2,3)14-8-6-5-7-9-14)19-16(20)15(18)10-11-23(4,21)22/h5-9,13,15H,10-12,18H2,1-4H3,(H,19,20). The molecule has 0 aliphatic rings. The fraction of sp³-hybridized carbons (Fsp3) is 0.588. The number of sulfone groups is 1. The smallest absolute Gasteiger partial charge is 0.237 e. The van der Waals surface area contributed by atoms with Gasteiger partial charge in [-0.05, 0) is 30.7 Å².